The molecule has 3 nitrogen and oxygen atoms in total. The summed E-state index contributed by atoms with van der Waals surface area (Å²) in [7, 11) is 0. The van der Waals surface area contributed by atoms with E-state index >= 15 is 0 Å². The number of hydrogen-bond donors (Lipinski definition) is 1. The zero-order valence-corrected chi connectivity index (χ0v) is 15.7. The van der Waals surface area contributed by atoms with Gasteiger partial charge in [0.05, 0.1) is 6.61 Å². The first-order valence-corrected chi connectivity index (χ1v) is 9.15. The molecule has 0 bridgehead atoms. The number of rotatable bonds is 11. The lowest BCUT2D eigenvalue weighted by molar-refractivity contribution is -0.116. The third-order valence-electron chi connectivity index (χ3n) is 4.10. The van der Waals surface area contributed by atoms with Crippen LogP contribution in [-0.2, 0) is 4.79 Å². The highest BCUT2D eigenvalue weighted by Gasteiger charge is 2.15. The van der Waals surface area contributed by atoms with Crippen LogP contribution in [0.5, 0.6) is 5.75 Å². The minimum Gasteiger partial charge on any atom is -0.494 e. The summed E-state index contributed by atoms with van der Waals surface area (Å²) in [6.07, 6.45) is 9.00. The molecule has 0 spiro atoms. The van der Waals surface area contributed by atoms with Gasteiger partial charge in [0.25, 0.3) is 0 Å². The van der Waals surface area contributed by atoms with E-state index in [1.54, 1.807) is 6.08 Å². The fourth-order valence-electron chi connectivity index (χ4n) is 2.57. The maximum atomic E-state index is 11.9. The maximum absolute atomic E-state index is 11.9. The number of ether oxygens (including phenoxy) is 1. The number of carbonyl (C=O) groups is 1. The molecule has 0 atom stereocenters. The molecule has 1 rings (SSSR count). The zero-order valence-electron chi connectivity index (χ0n) is 15.7. The normalized spacial score (nSPS) is 11.7. The molecule has 0 fully saturated rings. The summed E-state index contributed by atoms with van der Waals surface area (Å²) in [6.45, 7) is 10.3. The third kappa shape index (κ3) is 8.76. The van der Waals surface area contributed by atoms with Crippen LogP contribution in [-0.4, -0.2) is 19.1 Å². The van der Waals surface area contributed by atoms with Crippen molar-refractivity contribution in [3.63, 3.8) is 0 Å². The van der Waals surface area contributed by atoms with Crippen LogP contribution >= 0.6 is 0 Å². The average Bonchev–Trinajstić information content (AvgIpc) is 2.54. The number of nitrogens with one attached hydrogen (secondary N) is 1. The number of amides is 1. The molecule has 0 aliphatic heterocycles. The number of unbranched alkanes of at least 4 members (excludes halogenated alkanes) is 1. The predicted octanol–water partition coefficient (Wildman–Crippen LogP) is 5.21. The molecule has 134 valence electrons. The van der Waals surface area contributed by atoms with Gasteiger partial charge in [-0.3, -0.25) is 4.79 Å². The minimum atomic E-state index is -0.0365. The van der Waals surface area contributed by atoms with Crippen molar-refractivity contribution in [2.75, 3.05) is 13.2 Å². The minimum absolute atomic E-state index is 0.0365. The molecule has 3 heteroatoms. The van der Waals surface area contributed by atoms with Gasteiger partial charge in [-0.1, -0.05) is 52.7 Å². The lowest BCUT2D eigenvalue weighted by Crippen LogP contribution is -2.26. The summed E-state index contributed by atoms with van der Waals surface area (Å²) in [6, 6.07) is 7.83. The van der Waals surface area contributed by atoms with Crippen LogP contribution in [0.25, 0.3) is 6.08 Å². The van der Waals surface area contributed by atoms with E-state index in [-0.39, 0.29) is 5.91 Å². The quantitative estimate of drug-likeness (QED) is 0.446. The Balaban J connectivity index is 2.35. The van der Waals surface area contributed by atoms with Gasteiger partial charge in [-0.05, 0) is 48.4 Å². The third-order valence-corrected chi connectivity index (χ3v) is 4.10. The van der Waals surface area contributed by atoms with E-state index in [1.165, 1.54) is 12.8 Å². The van der Waals surface area contributed by atoms with Gasteiger partial charge in [0.15, 0.2) is 0 Å². The number of hydrogen-bond acceptors (Lipinski definition) is 2. The molecular formula is C21H33NO2. The van der Waals surface area contributed by atoms with E-state index in [2.05, 4.69) is 33.0 Å². The first-order valence-electron chi connectivity index (χ1n) is 9.15. The van der Waals surface area contributed by atoms with E-state index in [4.69, 9.17) is 4.74 Å². The Morgan fingerprint density at radius 1 is 1.12 bits per heavy atom. The van der Waals surface area contributed by atoms with Gasteiger partial charge in [0.2, 0.25) is 5.91 Å². The summed E-state index contributed by atoms with van der Waals surface area (Å²) in [5.74, 6) is 0.841. The van der Waals surface area contributed by atoms with Gasteiger partial charge in [0.1, 0.15) is 5.75 Å². The zero-order chi connectivity index (χ0) is 17.8. The molecule has 1 amide bonds. The molecule has 0 aliphatic carbocycles. The van der Waals surface area contributed by atoms with Crippen molar-refractivity contribution in [2.24, 2.45) is 5.41 Å². The summed E-state index contributed by atoms with van der Waals surface area (Å²) in [5.41, 5.74) is 1.29. The average molecular weight is 332 g/mol. The number of carbonyl (C=O) groups excluding carboxylic acids is 1. The summed E-state index contributed by atoms with van der Waals surface area (Å²) < 4.78 is 5.63. The lowest BCUT2D eigenvalue weighted by Gasteiger charge is -2.23. The molecular weight excluding hydrogens is 298 g/mol. The van der Waals surface area contributed by atoms with Crippen LogP contribution < -0.4 is 10.1 Å². The van der Waals surface area contributed by atoms with E-state index in [9.17, 15) is 4.79 Å². The molecule has 24 heavy (non-hydrogen) atoms. The second kappa shape index (κ2) is 10.9. The van der Waals surface area contributed by atoms with Crippen LogP contribution in [0.1, 0.15) is 65.4 Å². The van der Waals surface area contributed by atoms with Gasteiger partial charge >= 0.3 is 0 Å². The van der Waals surface area contributed by atoms with E-state index < -0.39 is 0 Å². The molecule has 0 saturated carbocycles. The summed E-state index contributed by atoms with van der Waals surface area (Å²) >= 11 is 0. The highest BCUT2D eigenvalue weighted by molar-refractivity contribution is 5.91. The van der Waals surface area contributed by atoms with Gasteiger partial charge in [-0.25, -0.2) is 0 Å². The monoisotopic (exact) mass is 331 g/mol. The molecule has 0 heterocycles. The van der Waals surface area contributed by atoms with Crippen molar-refractivity contribution in [3.05, 3.63) is 35.9 Å². The Kier molecular flexibility index (Phi) is 9.21. The molecule has 0 radical (unpaired) electrons. The van der Waals surface area contributed by atoms with Crippen LogP contribution in [0.15, 0.2) is 30.3 Å². The number of benzene rings is 1. The van der Waals surface area contributed by atoms with Crippen LogP contribution in [0.3, 0.4) is 0 Å². The van der Waals surface area contributed by atoms with Crippen LogP contribution in [0, 0.1) is 5.41 Å². The molecule has 0 unspecified atom stereocenters. The Labute approximate surface area is 147 Å². The van der Waals surface area contributed by atoms with Crippen molar-refractivity contribution in [1.29, 1.82) is 0 Å². The molecule has 0 saturated heterocycles. The fraction of sp³-hybridized carbons (Fsp3) is 0.571. The molecule has 1 N–H and O–H groups in total. The van der Waals surface area contributed by atoms with Crippen molar-refractivity contribution in [1.82, 2.24) is 5.32 Å². The molecule has 1 aromatic rings. The van der Waals surface area contributed by atoms with Crippen LogP contribution in [0.4, 0.5) is 0 Å². The lowest BCUT2D eigenvalue weighted by atomic mass is 9.85. The highest BCUT2D eigenvalue weighted by atomic mass is 16.5. The maximum Gasteiger partial charge on any atom is 0.243 e. The second-order valence-corrected chi connectivity index (χ2v) is 7.06. The van der Waals surface area contributed by atoms with Gasteiger partial charge in [0, 0.05) is 12.6 Å². The summed E-state index contributed by atoms with van der Waals surface area (Å²) in [4.78, 5) is 11.9. The SMILES string of the molecule is CCCCOc1ccc(C=CC(=O)NCCC(C)(C)CCC)cc1. The molecule has 0 aliphatic rings. The van der Waals surface area contributed by atoms with Crippen molar-refractivity contribution < 1.29 is 9.53 Å². The first kappa shape index (κ1) is 20.3. The Bertz CT molecular complexity index is 503. The Hall–Kier alpha value is -1.77. The Morgan fingerprint density at radius 3 is 2.46 bits per heavy atom. The van der Waals surface area contributed by atoms with E-state index in [0.717, 1.165) is 43.7 Å². The van der Waals surface area contributed by atoms with Gasteiger partial charge in [-0.2, -0.15) is 0 Å². The topological polar surface area (TPSA) is 38.3 Å². The summed E-state index contributed by atoms with van der Waals surface area (Å²) in [5, 5.41) is 2.96. The predicted molar refractivity (Wildman–Crippen MR) is 102 cm³/mol. The fourth-order valence-corrected chi connectivity index (χ4v) is 2.57. The van der Waals surface area contributed by atoms with Gasteiger partial charge in [-0.15, -0.1) is 0 Å². The van der Waals surface area contributed by atoms with Crippen LogP contribution in [0.2, 0.25) is 0 Å². The van der Waals surface area contributed by atoms with E-state index in [1.807, 2.05) is 30.3 Å². The van der Waals surface area contributed by atoms with E-state index in [0.29, 0.717) is 5.41 Å². The smallest absolute Gasteiger partial charge is 0.243 e. The highest BCUT2D eigenvalue weighted by Crippen LogP contribution is 2.25. The largest absolute Gasteiger partial charge is 0.494 e. The van der Waals surface area contributed by atoms with Crippen molar-refractivity contribution in [3.8, 4) is 5.75 Å². The molecule has 0 aromatic heterocycles. The van der Waals surface area contributed by atoms with Crippen molar-refractivity contribution in [2.45, 2.75) is 59.8 Å². The van der Waals surface area contributed by atoms with Gasteiger partial charge < -0.3 is 10.1 Å². The van der Waals surface area contributed by atoms with Crippen molar-refractivity contribution >= 4 is 12.0 Å². The first-order chi connectivity index (χ1) is 11.5. The second-order valence-electron chi connectivity index (χ2n) is 7.06. The Morgan fingerprint density at radius 2 is 1.83 bits per heavy atom. The molecule has 1 aromatic carbocycles. The standard InChI is InChI=1S/C21H33NO2/c1-5-7-17-24-19-11-8-18(9-12-19)10-13-20(23)22-16-15-21(3,4)14-6-2/h8-13H,5-7,14-17H2,1-4H3,(H,22,23).